The highest BCUT2D eigenvalue weighted by Crippen LogP contribution is 2.21. The lowest BCUT2D eigenvalue weighted by molar-refractivity contribution is -0.138. The van der Waals surface area contributed by atoms with E-state index in [4.69, 9.17) is 0 Å². The molecule has 1 aromatic rings. The smallest absolute Gasteiger partial charge is 0.245 e. The van der Waals surface area contributed by atoms with Gasteiger partial charge in [0.2, 0.25) is 11.8 Å². The normalized spacial score (nSPS) is 18.1. The maximum atomic E-state index is 12.6. The van der Waals surface area contributed by atoms with E-state index < -0.39 is 0 Å². The van der Waals surface area contributed by atoms with E-state index in [2.05, 4.69) is 27.6 Å². The number of halogens is 1. The Morgan fingerprint density at radius 3 is 2.91 bits per heavy atom. The third-order valence-electron chi connectivity index (χ3n) is 3.87. The Morgan fingerprint density at radius 2 is 2.32 bits per heavy atom. The average Bonchev–Trinajstić information content (AvgIpc) is 2.83. The molecule has 1 saturated heterocycles. The van der Waals surface area contributed by atoms with Gasteiger partial charge in [0.1, 0.15) is 0 Å². The van der Waals surface area contributed by atoms with Gasteiger partial charge in [0.15, 0.2) is 0 Å². The number of amides is 2. The summed E-state index contributed by atoms with van der Waals surface area (Å²) in [5.41, 5.74) is 0.827. The van der Waals surface area contributed by atoms with Gasteiger partial charge in [-0.25, -0.2) is 0 Å². The minimum Gasteiger partial charge on any atom is -0.339 e. The van der Waals surface area contributed by atoms with Crippen LogP contribution in [-0.4, -0.2) is 51.5 Å². The van der Waals surface area contributed by atoms with Crippen molar-refractivity contribution in [1.82, 2.24) is 19.6 Å². The predicted molar refractivity (Wildman–Crippen MR) is 86.9 cm³/mol. The summed E-state index contributed by atoms with van der Waals surface area (Å²) in [6.07, 6.45) is 4.82. The van der Waals surface area contributed by atoms with E-state index in [0.717, 1.165) is 23.0 Å². The molecule has 0 aromatic carbocycles. The largest absolute Gasteiger partial charge is 0.339 e. The Labute approximate surface area is 138 Å². The zero-order chi connectivity index (χ0) is 16.3. The number of likely N-dealkylation sites (tertiary alicyclic amines) is 1. The molecular formula is C15H21BrN4O2. The highest BCUT2D eigenvalue weighted by molar-refractivity contribution is 9.10. The van der Waals surface area contributed by atoms with Crippen LogP contribution in [0.4, 0.5) is 0 Å². The maximum absolute atomic E-state index is 12.6. The average molecular weight is 369 g/mol. The number of aryl methyl sites for hydroxylation is 1. The molecule has 1 aliphatic heterocycles. The number of hydrogen-bond acceptors (Lipinski definition) is 3. The first-order chi connectivity index (χ1) is 10.4. The van der Waals surface area contributed by atoms with Crippen molar-refractivity contribution in [2.45, 2.75) is 19.4 Å². The summed E-state index contributed by atoms with van der Waals surface area (Å²) in [6.45, 7) is 5.13. The number of aromatic nitrogens is 2. The minimum absolute atomic E-state index is 0.0547. The molecule has 0 bridgehead atoms. The zero-order valence-electron chi connectivity index (χ0n) is 13.0. The number of carbonyl (C=O) groups excluding carboxylic acids is 2. The lowest BCUT2D eigenvalue weighted by Crippen LogP contribution is -2.45. The van der Waals surface area contributed by atoms with Crippen LogP contribution in [0.3, 0.4) is 0 Å². The second kappa shape index (κ2) is 7.09. The molecule has 2 rings (SSSR count). The molecular weight excluding hydrogens is 348 g/mol. The van der Waals surface area contributed by atoms with Crippen LogP contribution >= 0.6 is 15.9 Å². The summed E-state index contributed by atoms with van der Waals surface area (Å²) in [4.78, 5) is 27.7. The molecule has 2 heterocycles. The maximum Gasteiger partial charge on any atom is 0.245 e. The molecule has 1 aromatic heterocycles. The Balaban J connectivity index is 1.99. The van der Waals surface area contributed by atoms with Gasteiger partial charge in [-0.15, -0.1) is 0 Å². The lowest BCUT2D eigenvalue weighted by atomic mass is 9.96. The summed E-state index contributed by atoms with van der Waals surface area (Å²) in [7, 11) is 3.62. The molecule has 2 amide bonds. The van der Waals surface area contributed by atoms with Crippen LogP contribution in [0.25, 0.3) is 0 Å². The molecule has 0 saturated carbocycles. The van der Waals surface area contributed by atoms with Gasteiger partial charge in [0.25, 0.3) is 0 Å². The van der Waals surface area contributed by atoms with Crippen LogP contribution < -0.4 is 0 Å². The van der Waals surface area contributed by atoms with Crippen LogP contribution in [0, 0.1) is 5.92 Å². The van der Waals surface area contributed by atoms with E-state index in [-0.39, 0.29) is 17.7 Å². The molecule has 0 radical (unpaired) electrons. The number of nitrogens with zero attached hydrogens (tertiary/aromatic N) is 4. The van der Waals surface area contributed by atoms with E-state index in [1.807, 2.05) is 13.2 Å². The van der Waals surface area contributed by atoms with Gasteiger partial charge in [-0.1, -0.05) is 6.58 Å². The van der Waals surface area contributed by atoms with Gasteiger partial charge < -0.3 is 9.80 Å². The molecule has 22 heavy (non-hydrogen) atoms. The molecule has 0 aliphatic carbocycles. The second-order valence-corrected chi connectivity index (χ2v) is 6.47. The monoisotopic (exact) mass is 368 g/mol. The van der Waals surface area contributed by atoms with Crippen molar-refractivity contribution >= 4 is 27.7 Å². The van der Waals surface area contributed by atoms with Crippen molar-refractivity contribution in [3.05, 3.63) is 29.0 Å². The molecule has 1 aliphatic rings. The van der Waals surface area contributed by atoms with Crippen molar-refractivity contribution in [3.63, 3.8) is 0 Å². The van der Waals surface area contributed by atoms with Gasteiger partial charge in [-0.2, -0.15) is 5.10 Å². The molecule has 7 heteroatoms. The van der Waals surface area contributed by atoms with Crippen LogP contribution in [0.15, 0.2) is 23.3 Å². The highest BCUT2D eigenvalue weighted by Gasteiger charge is 2.29. The Kier molecular flexibility index (Phi) is 5.39. The molecule has 6 nitrogen and oxygen atoms in total. The lowest BCUT2D eigenvalue weighted by Gasteiger charge is -2.33. The summed E-state index contributed by atoms with van der Waals surface area (Å²) < 4.78 is 2.60. The van der Waals surface area contributed by atoms with Crippen molar-refractivity contribution in [1.29, 1.82) is 0 Å². The molecule has 120 valence electrons. The van der Waals surface area contributed by atoms with Crippen LogP contribution in [0.5, 0.6) is 0 Å². The molecule has 0 N–H and O–H groups in total. The van der Waals surface area contributed by atoms with E-state index in [1.165, 1.54) is 6.08 Å². The molecule has 0 spiro atoms. The predicted octanol–water partition coefficient (Wildman–Crippen LogP) is 1.57. The van der Waals surface area contributed by atoms with E-state index in [1.54, 1.807) is 21.5 Å². The fraction of sp³-hybridized carbons (Fsp3) is 0.533. The molecule has 1 atom stereocenters. The Bertz CT molecular complexity index is 584. The SMILES string of the molecule is C=CC(=O)N1CCCC(C(=O)N(C)Cc2nn(C)cc2Br)C1. The number of piperidine rings is 1. The first-order valence-corrected chi connectivity index (χ1v) is 8.06. The summed E-state index contributed by atoms with van der Waals surface area (Å²) >= 11 is 3.44. The fourth-order valence-corrected chi connectivity index (χ4v) is 3.24. The first kappa shape index (κ1) is 16.7. The third-order valence-corrected chi connectivity index (χ3v) is 4.54. The van der Waals surface area contributed by atoms with E-state index in [0.29, 0.717) is 19.6 Å². The Hall–Kier alpha value is -1.63. The third kappa shape index (κ3) is 3.76. The van der Waals surface area contributed by atoms with Gasteiger partial charge in [0.05, 0.1) is 22.6 Å². The fourth-order valence-electron chi connectivity index (χ4n) is 2.73. The van der Waals surface area contributed by atoms with Crippen molar-refractivity contribution in [2.24, 2.45) is 13.0 Å². The van der Waals surface area contributed by atoms with Gasteiger partial charge in [-0.3, -0.25) is 14.3 Å². The van der Waals surface area contributed by atoms with Crippen LogP contribution in [-0.2, 0) is 23.2 Å². The van der Waals surface area contributed by atoms with Crippen molar-refractivity contribution < 1.29 is 9.59 Å². The highest BCUT2D eigenvalue weighted by atomic mass is 79.9. The first-order valence-electron chi connectivity index (χ1n) is 7.26. The van der Waals surface area contributed by atoms with Gasteiger partial charge in [0, 0.05) is 33.4 Å². The topological polar surface area (TPSA) is 58.4 Å². The number of carbonyl (C=O) groups is 2. The van der Waals surface area contributed by atoms with Crippen LogP contribution in [0.1, 0.15) is 18.5 Å². The summed E-state index contributed by atoms with van der Waals surface area (Å²) in [5.74, 6) is -0.197. The number of hydrogen-bond donors (Lipinski definition) is 0. The molecule has 1 unspecified atom stereocenters. The molecule has 1 fully saturated rings. The van der Waals surface area contributed by atoms with Crippen molar-refractivity contribution in [3.8, 4) is 0 Å². The quantitative estimate of drug-likeness (QED) is 0.757. The minimum atomic E-state index is -0.148. The second-order valence-electron chi connectivity index (χ2n) is 5.62. The number of rotatable bonds is 4. The van der Waals surface area contributed by atoms with Crippen molar-refractivity contribution in [2.75, 3.05) is 20.1 Å². The Morgan fingerprint density at radius 1 is 1.59 bits per heavy atom. The van der Waals surface area contributed by atoms with Gasteiger partial charge >= 0.3 is 0 Å². The standard InChI is InChI=1S/C15H21BrN4O2/c1-4-14(21)20-7-5-6-11(8-20)15(22)18(2)10-13-12(16)9-19(3)17-13/h4,9,11H,1,5-8,10H2,2-3H3. The zero-order valence-corrected chi connectivity index (χ0v) is 14.5. The summed E-state index contributed by atoms with van der Waals surface area (Å²) in [6, 6.07) is 0. The van der Waals surface area contributed by atoms with Crippen LogP contribution in [0.2, 0.25) is 0 Å². The van der Waals surface area contributed by atoms with Gasteiger partial charge in [-0.05, 0) is 34.8 Å². The summed E-state index contributed by atoms with van der Waals surface area (Å²) in [5, 5.41) is 4.33. The van der Waals surface area contributed by atoms with E-state index >= 15 is 0 Å². The van der Waals surface area contributed by atoms with E-state index in [9.17, 15) is 9.59 Å².